The molecule has 0 amide bonds. The fraction of sp³-hybridized carbons (Fsp3) is 1.00. The van der Waals surface area contributed by atoms with E-state index in [4.69, 9.17) is 11.5 Å². The molecule has 0 aliphatic heterocycles. The average molecular weight is 164 g/mol. The molecule has 0 radical (unpaired) electrons. The van der Waals surface area contributed by atoms with Gasteiger partial charge in [-0.05, 0) is 0 Å². The first-order valence-corrected chi connectivity index (χ1v) is 1.32. The van der Waals surface area contributed by atoms with Crippen LogP contribution >= 0.6 is 0 Å². The van der Waals surface area contributed by atoms with Crippen molar-refractivity contribution in [1.82, 2.24) is 0 Å². The van der Waals surface area contributed by atoms with Crippen LogP contribution in [-0.4, -0.2) is 145 Å². The average Bonchev–Trinajstić information content (AvgIpc) is 1.37. The summed E-state index contributed by atoms with van der Waals surface area (Å²) in [4.78, 5) is 0. The molecule has 0 fully saturated rings. The first kappa shape index (κ1) is 22.5. The molecular weight excluding hydrogens is 153 g/mol. The van der Waals surface area contributed by atoms with Gasteiger partial charge in [-0.1, -0.05) is 0 Å². The molecule has 7 heavy (non-hydrogen) atoms. The fourth-order valence-corrected chi connectivity index (χ4v) is 0. The van der Waals surface area contributed by atoms with Gasteiger partial charge in [0.05, 0.1) is 0 Å². The molecular formula is C2H11K2N2Na. The van der Waals surface area contributed by atoms with Gasteiger partial charge < -0.3 is 11.5 Å². The van der Waals surface area contributed by atoms with Gasteiger partial charge in [-0.3, -0.25) is 0 Å². The van der Waals surface area contributed by atoms with Gasteiger partial charge in [-0.15, -0.1) is 0 Å². The van der Waals surface area contributed by atoms with E-state index in [0.29, 0.717) is 13.1 Å². The zero-order valence-corrected chi connectivity index (χ0v) is 2.57. The Morgan fingerprint density at radius 1 is 0.857 bits per heavy atom. The van der Waals surface area contributed by atoms with Crippen LogP contribution in [0.25, 0.3) is 0 Å². The molecule has 0 aromatic rings. The molecule has 0 rings (SSSR count). The summed E-state index contributed by atoms with van der Waals surface area (Å²) < 4.78 is 0. The maximum atomic E-state index is 4.90. The van der Waals surface area contributed by atoms with Crippen molar-refractivity contribution in [3.8, 4) is 0 Å². The molecule has 4 N–H and O–H groups in total. The second kappa shape index (κ2) is 22.5. The van der Waals surface area contributed by atoms with Crippen molar-refractivity contribution >= 4 is 132 Å². The third-order valence-corrected chi connectivity index (χ3v) is 0.167. The zero-order valence-electron chi connectivity index (χ0n) is 2.57. The van der Waals surface area contributed by atoms with E-state index in [0.717, 1.165) is 0 Å². The molecule has 5 heteroatoms. The van der Waals surface area contributed by atoms with Crippen LogP contribution in [0, 0.1) is 0 Å². The van der Waals surface area contributed by atoms with Gasteiger partial charge >= 0.3 is 132 Å². The molecule has 0 aliphatic rings. The standard InChI is InChI=1S/C2H8N2.2K.Na.3H/c3-1-2-4;;;;;;/h1-4H2;;;;;;. The first-order chi connectivity index (χ1) is 1.91. The molecule has 0 bridgehead atoms. The third kappa shape index (κ3) is 25.4. The van der Waals surface area contributed by atoms with Gasteiger partial charge in [-0.25, -0.2) is 0 Å². The molecule has 0 saturated heterocycles. The summed E-state index contributed by atoms with van der Waals surface area (Å²) >= 11 is 0. The van der Waals surface area contributed by atoms with Gasteiger partial charge in [0.15, 0.2) is 0 Å². The van der Waals surface area contributed by atoms with Crippen LogP contribution < -0.4 is 11.5 Å². The van der Waals surface area contributed by atoms with Gasteiger partial charge in [0, 0.05) is 13.1 Å². The van der Waals surface area contributed by atoms with Crippen molar-refractivity contribution in [3.05, 3.63) is 0 Å². The van der Waals surface area contributed by atoms with E-state index in [1.807, 2.05) is 0 Å². The molecule has 0 unspecified atom stereocenters. The minimum absolute atomic E-state index is 0. The molecule has 32 valence electrons. The molecule has 0 heterocycles. The second-order valence-electron chi connectivity index (χ2n) is 0.577. The topological polar surface area (TPSA) is 52.0 Å². The van der Waals surface area contributed by atoms with E-state index >= 15 is 0 Å². The Kier molecular flexibility index (Phi) is 72.1. The summed E-state index contributed by atoms with van der Waals surface area (Å²) in [6.07, 6.45) is 0. The molecule has 0 aromatic carbocycles. The van der Waals surface area contributed by atoms with E-state index in [9.17, 15) is 0 Å². The maximum absolute atomic E-state index is 4.90. The van der Waals surface area contributed by atoms with Gasteiger partial charge in [0.2, 0.25) is 0 Å². The summed E-state index contributed by atoms with van der Waals surface area (Å²) in [7, 11) is 0. The summed E-state index contributed by atoms with van der Waals surface area (Å²) in [5.41, 5.74) is 9.81. The first-order valence-electron chi connectivity index (χ1n) is 1.32. The number of hydrogen-bond acceptors (Lipinski definition) is 2. The quantitative estimate of drug-likeness (QED) is 0.405. The summed E-state index contributed by atoms with van der Waals surface area (Å²) in [6, 6.07) is 0. The van der Waals surface area contributed by atoms with Crippen LogP contribution in [0.3, 0.4) is 0 Å². The van der Waals surface area contributed by atoms with Crippen LogP contribution in [0.2, 0.25) is 0 Å². The molecule has 0 saturated carbocycles. The van der Waals surface area contributed by atoms with Crippen molar-refractivity contribution in [3.63, 3.8) is 0 Å². The second-order valence-corrected chi connectivity index (χ2v) is 0.577. The predicted molar refractivity (Wildman–Crippen MR) is 39.6 cm³/mol. The Morgan fingerprint density at radius 3 is 1.00 bits per heavy atom. The van der Waals surface area contributed by atoms with Gasteiger partial charge in [0.1, 0.15) is 0 Å². The van der Waals surface area contributed by atoms with E-state index < -0.39 is 0 Å². The van der Waals surface area contributed by atoms with E-state index in [1.165, 1.54) is 0 Å². The molecule has 0 aliphatic carbocycles. The van der Waals surface area contributed by atoms with E-state index in [2.05, 4.69) is 0 Å². The molecule has 0 aromatic heterocycles. The van der Waals surface area contributed by atoms with Crippen molar-refractivity contribution in [2.45, 2.75) is 0 Å². The predicted octanol–water partition coefficient (Wildman–Crippen LogP) is -3.04. The number of nitrogens with two attached hydrogens (primary N) is 2. The third-order valence-electron chi connectivity index (χ3n) is 0.167. The Balaban J connectivity index is -0.0000000150. The van der Waals surface area contributed by atoms with Gasteiger partial charge in [-0.2, -0.15) is 0 Å². The zero-order chi connectivity index (χ0) is 3.41. The Labute approximate surface area is 152 Å². The number of hydrogen-bond donors (Lipinski definition) is 2. The van der Waals surface area contributed by atoms with Crippen molar-refractivity contribution < 1.29 is 0 Å². The van der Waals surface area contributed by atoms with E-state index in [1.54, 1.807) is 0 Å². The molecule has 2 nitrogen and oxygen atoms in total. The fourth-order valence-electron chi connectivity index (χ4n) is 0. The Morgan fingerprint density at radius 2 is 1.00 bits per heavy atom. The monoisotopic (exact) mass is 164 g/mol. The molecule has 0 spiro atoms. The van der Waals surface area contributed by atoms with Crippen molar-refractivity contribution in [2.75, 3.05) is 13.1 Å². The SMILES string of the molecule is NCCN.[KH].[KH].[NaH]. The van der Waals surface area contributed by atoms with E-state index in [-0.39, 0.29) is 132 Å². The minimum atomic E-state index is 0. The summed E-state index contributed by atoms with van der Waals surface area (Å²) in [5.74, 6) is 0. The van der Waals surface area contributed by atoms with Gasteiger partial charge in [0.25, 0.3) is 0 Å². The van der Waals surface area contributed by atoms with Crippen molar-refractivity contribution in [2.24, 2.45) is 11.5 Å². The Bertz CT molecular complexity index is 15.7. The van der Waals surface area contributed by atoms with Crippen LogP contribution in [0.5, 0.6) is 0 Å². The normalized spacial score (nSPS) is 4.29. The molecule has 0 atom stereocenters. The summed E-state index contributed by atoms with van der Waals surface area (Å²) in [6.45, 7) is 1.19. The van der Waals surface area contributed by atoms with Crippen LogP contribution in [0.1, 0.15) is 0 Å². The Hall–Kier alpha value is 4.19. The number of rotatable bonds is 1. The van der Waals surface area contributed by atoms with Crippen molar-refractivity contribution in [1.29, 1.82) is 0 Å². The summed E-state index contributed by atoms with van der Waals surface area (Å²) in [5, 5.41) is 0. The van der Waals surface area contributed by atoms with Crippen LogP contribution in [0.4, 0.5) is 0 Å². The van der Waals surface area contributed by atoms with Crippen LogP contribution in [0.15, 0.2) is 0 Å². The van der Waals surface area contributed by atoms with Crippen LogP contribution in [-0.2, 0) is 0 Å².